The third-order valence-electron chi connectivity index (χ3n) is 3.89. The van der Waals surface area contributed by atoms with Crippen LogP contribution in [0.2, 0.25) is 0 Å². The van der Waals surface area contributed by atoms with Gasteiger partial charge in [-0.1, -0.05) is 0 Å². The van der Waals surface area contributed by atoms with E-state index in [0.717, 1.165) is 29.2 Å². The van der Waals surface area contributed by atoms with Crippen molar-refractivity contribution in [3.8, 4) is 5.75 Å². The van der Waals surface area contributed by atoms with E-state index in [1.807, 2.05) is 0 Å². The number of aromatic hydroxyl groups is 1. The molecule has 1 aromatic carbocycles. The molecule has 0 fully saturated rings. The van der Waals surface area contributed by atoms with Crippen LogP contribution in [0.3, 0.4) is 0 Å². The number of benzene rings is 1. The minimum atomic E-state index is -0.778. The van der Waals surface area contributed by atoms with Gasteiger partial charge in [0.1, 0.15) is 5.75 Å². The van der Waals surface area contributed by atoms with Crippen LogP contribution in [0.4, 0.5) is 5.69 Å². The van der Waals surface area contributed by atoms with Crippen LogP contribution in [0.25, 0.3) is 10.2 Å². The Morgan fingerprint density at radius 2 is 1.97 bits per heavy atom. The molecule has 0 unspecified atom stereocenters. The van der Waals surface area contributed by atoms with Crippen molar-refractivity contribution in [3.63, 3.8) is 0 Å². The van der Waals surface area contributed by atoms with Gasteiger partial charge in [-0.3, -0.25) is 14.4 Å². The summed E-state index contributed by atoms with van der Waals surface area (Å²) in [7, 11) is 0. The van der Waals surface area contributed by atoms with Crippen LogP contribution in [-0.4, -0.2) is 40.2 Å². The van der Waals surface area contributed by atoms with E-state index < -0.39 is 17.4 Å². The first kappa shape index (κ1) is 21.4. The second kappa shape index (κ2) is 9.01. The highest BCUT2D eigenvalue weighted by atomic mass is 32.2. The Bertz CT molecular complexity index is 1180. The molecular weight excluding hydrogens is 430 g/mol. The molecule has 9 nitrogen and oxygen atoms in total. The largest absolute Gasteiger partial charge is 0.506 e. The second-order valence-corrected chi connectivity index (χ2v) is 8.25. The number of hydrogen-bond acceptors (Lipinski definition) is 8. The highest BCUT2D eigenvalue weighted by Gasteiger charge is 2.21. The summed E-state index contributed by atoms with van der Waals surface area (Å²) in [5.41, 5.74) is 5.92. The maximum absolute atomic E-state index is 12.3. The average molecular weight is 447 g/mol. The predicted octanol–water partition coefficient (Wildman–Crippen LogP) is 2.30. The number of thiophene rings is 1. The number of amides is 2. The molecule has 11 heteroatoms. The molecular formula is C19H17N3O6S2. The lowest BCUT2D eigenvalue weighted by molar-refractivity contribution is -0.113. The summed E-state index contributed by atoms with van der Waals surface area (Å²) in [5, 5.41) is 12.6. The van der Waals surface area contributed by atoms with Crippen LogP contribution in [0.15, 0.2) is 39.3 Å². The van der Waals surface area contributed by atoms with Crippen LogP contribution in [-0.2, 0) is 9.53 Å². The number of carbonyl (C=O) groups is 3. The summed E-state index contributed by atoms with van der Waals surface area (Å²) in [6.45, 7) is 1.98. The molecule has 0 aliphatic rings. The van der Waals surface area contributed by atoms with Gasteiger partial charge in [0, 0.05) is 11.8 Å². The fourth-order valence-corrected chi connectivity index (χ4v) is 4.87. The number of carbonyl (C=O) groups excluding carboxylic acids is 3. The zero-order valence-electron chi connectivity index (χ0n) is 15.7. The van der Waals surface area contributed by atoms with Crippen LogP contribution < -0.4 is 16.6 Å². The van der Waals surface area contributed by atoms with Gasteiger partial charge in [0.15, 0.2) is 0 Å². The SMILES string of the molecule is CCOC(=O)c1ccc(NC(=O)CSc2sc3c(O)cc(=O)[nH]c3c2C(N)=O)cc1. The molecule has 0 saturated carbocycles. The van der Waals surface area contributed by atoms with Gasteiger partial charge in [-0.05, 0) is 31.2 Å². The van der Waals surface area contributed by atoms with Crippen molar-refractivity contribution in [1.82, 2.24) is 4.98 Å². The van der Waals surface area contributed by atoms with Crippen molar-refractivity contribution in [2.45, 2.75) is 11.1 Å². The Morgan fingerprint density at radius 3 is 2.60 bits per heavy atom. The summed E-state index contributed by atoms with van der Waals surface area (Å²) in [6.07, 6.45) is 0. The van der Waals surface area contributed by atoms with E-state index >= 15 is 0 Å². The Balaban J connectivity index is 1.72. The van der Waals surface area contributed by atoms with Crippen molar-refractivity contribution >= 4 is 56.8 Å². The fourth-order valence-electron chi connectivity index (χ4n) is 2.62. The molecule has 3 rings (SSSR count). The number of fused-ring (bicyclic) bond motifs is 1. The lowest BCUT2D eigenvalue weighted by Gasteiger charge is -2.06. The topological polar surface area (TPSA) is 152 Å². The first-order chi connectivity index (χ1) is 14.3. The Morgan fingerprint density at radius 1 is 1.27 bits per heavy atom. The first-order valence-electron chi connectivity index (χ1n) is 8.68. The van der Waals surface area contributed by atoms with Gasteiger partial charge in [-0.15, -0.1) is 23.1 Å². The van der Waals surface area contributed by atoms with Crippen LogP contribution >= 0.6 is 23.1 Å². The number of ether oxygens (including phenoxy) is 1. The minimum absolute atomic E-state index is 0.0439. The number of esters is 1. The van der Waals surface area contributed by atoms with Gasteiger partial charge in [-0.2, -0.15) is 0 Å². The molecule has 0 saturated heterocycles. The summed E-state index contributed by atoms with van der Waals surface area (Å²) in [5.74, 6) is -1.89. The van der Waals surface area contributed by atoms with E-state index in [1.165, 1.54) is 12.1 Å². The molecule has 156 valence electrons. The van der Waals surface area contributed by atoms with E-state index in [1.54, 1.807) is 19.1 Å². The quantitative estimate of drug-likeness (QED) is 0.320. The molecule has 0 radical (unpaired) electrons. The van der Waals surface area contributed by atoms with Gasteiger partial charge in [0.05, 0.1) is 37.9 Å². The number of aromatic amines is 1. The molecule has 3 aromatic rings. The Labute approximate surface area is 178 Å². The van der Waals surface area contributed by atoms with Gasteiger partial charge >= 0.3 is 5.97 Å². The highest BCUT2D eigenvalue weighted by Crippen LogP contribution is 2.40. The molecule has 0 spiro atoms. The molecule has 0 atom stereocenters. The zero-order chi connectivity index (χ0) is 21.8. The van der Waals surface area contributed by atoms with E-state index in [0.29, 0.717) is 20.2 Å². The third kappa shape index (κ3) is 4.63. The number of rotatable bonds is 7. The maximum atomic E-state index is 12.3. The molecule has 2 amide bonds. The maximum Gasteiger partial charge on any atom is 0.338 e. The number of nitrogens with two attached hydrogens (primary N) is 1. The smallest absolute Gasteiger partial charge is 0.338 e. The molecule has 2 aromatic heterocycles. The minimum Gasteiger partial charge on any atom is -0.506 e. The van der Waals surface area contributed by atoms with Crippen LogP contribution in [0.5, 0.6) is 5.75 Å². The molecule has 0 aliphatic carbocycles. The lowest BCUT2D eigenvalue weighted by atomic mass is 10.2. The lowest BCUT2D eigenvalue weighted by Crippen LogP contribution is -2.16. The number of aromatic nitrogens is 1. The number of pyridine rings is 1. The summed E-state index contributed by atoms with van der Waals surface area (Å²) >= 11 is 2.11. The van der Waals surface area contributed by atoms with E-state index in [9.17, 15) is 24.3 Å². The van der Waals surface area contributed by atoms with E-state index in [2.05, 4.69) is 10.3 Å². The van der Waals surface area contributed by atoms with Crippen molar-refractivity contribution in [2.75, 3.05) is 17.7 Å². The first-order valence-corrected chi connectivity index (χ1v) is 10.5. The number of H-pyrrole nitrogens is 1. The van der Waals surface area contributed by atoms with Crippen molar-refractivity contribution in [3.05, 3.63) is 51.8 Å². The molecule has 5 N–H and O–H groups in total. The van der Waals surface area contributed by atoms with Crippen LogP contribution in [0.1, 0.15) is 27.6 Å². The second-order valence-electron chi connectivity index (χ2n) is 5.99. The number of nitrogens with one attached hydrogen (secondary N) is 2. The fraction of sp³-hybridized carbons (Fsp3) is 0.158. The summed E-state index contributed by atoms with van der Waals surface area (Å²) < 4.78 is 5.61. The number of hydrogen-bond donors (Lipinski definition) is 4. The predicted molar refractivity (Wildman–Crippen MR) is 114 cm³/mol. The van der Waals surface area contributed by atoms with Gasteiger partial charge in [0.25, 0.3) is 11.5 Å². The molecule has 0 aliphatic heterocycles. The van der Waals surface area contributed by atoms with Crippen molar-refractivity contribution < 1.29 is 24.2 Å². The average Bonchev–Trinajstić information content (AvgIpc) is 3.06. The number of thioether (sulfide) groups is 1. The van der Waals surface area contributed by atoms with Crippen molar-refractivity contribution in [1.29, 1.82) is 0 Å². The van der Waals surface area contributed by atoms with Gasteiger partial charge in [-0.25, -0.2) is 4.79 Å². The van der Waals surface area contributed by atoms with E-state index in [-0.39, 0.29) is 35.1 Å². The zero-order valence-corrected chi connectivity index (χ0v) is 17.3. The third-order valence-corrected chi connectivity index (χ3v) is 6.37. The molecule has 0 bridgehead atoms. The monoisotopic (exact) mass is 447 g/mol. The number of primary amides is 1. The number of anilines is 1. The van der Waals surface area contributed by atoms with Crippen LogP contribution in [0, 0.1) is 0 Å². The summed E-state index contributed by atoms with van der Waals surface area (Å²) in [6, 6.07) is 7.23. The van der Waals surface area contributed by atoms with Crippen molar-refractivity contribution in [2.24, 2.45) is 5.73 Å². The Kier molecular flexibility index (Phi) is 6.43. The molecule has 30 heavy (non-hydrogen) atoms. The summed E-state index contributed by atoms with van der Waals surface area (Å²) in [4.78, 5) is 49.9. The molecule has 2 heterocycles. The standard InChI is InChI=1S/C19H17N3O6S2/c1-2-28-18(27)9-3-5-10(6-4-9)21-13(25)8-29-19-14(17(20)26)15-16(30-19)11(23)7-12(24)22-15/h3-7H,2,8H2,1H3,(H2,20,26)(H,21,25)(H2,22,23,24). The van der Waals surface area contributed by atoms with Gasteiger partial charge in [0.2, 0.25) is 5.91 Å². The van der Waals surface area contributed by atoms with Gasteiger partial charge < -0.3 is 25.9 Å². The highest BCUT2D eigenvalue weighted by molar-refractivity contribution is 8.02. The normalized spacial score (nSPS) is 10.7. The van der Waals surface area contributed by atoms with E-state index in [4.69, 9.17) is 10.5 Å². The Hall–Kier alpha value is -3.31.